The second kappa shape index (κ2) is 13.7. The number of aromatic nitrogens is 3. The average molecular weight is 708 g/mol. The van der Waals surface area contributed by atoms with Crippen molar-refractivity contribution < 1.29 is 18.0 Å². The van der Waals surface area contributed by atoms with Crippen LogP contribution in [0, 0.1) is 24.2 Å². The summed E-state index contributed by atoms with van der Waals surface area (Å²) in [5, 5.41) is 13.5. The zero-order chi connectivity index (χ0) is 35.0. The fraction of sp³-hybridized carbons (Fsp3) is 0.324. The highest BCUT2D eigenvalue weighted by atomic mass is 32.2. The molecule has 0 saturated heterocycles. The average Bonchev–Trinajstić information content (AvgIpc) is 3.66. The van der Waals surface area contributed by atoms with E-state index in [1.165, 1.54) is 17.8 Å². The van der Waals surface area contributed by atoms with Gasteiger partial charge in [-0.05, 0) is 72.7 Å². The Bertz CT molecular complexity index is 2250. The Morgan fingerprint density at radius 2 is 1.84 bits per heavy atom. The Hall–Kier alpha value is -5.06. The van der Waals surface area contributed by atoms with Gasteiger partial charge in [0.1, 0.15) is 23.3 Å². The van der Waals surface area contributed by atoms with Gasteiger partial charge >= 0.3 is 0 Å². The molecule has 3 N–H and O–H groups in total. The molecular weight excluding hydrogens is 671 g/mol. The van der Waals surface area contributed by atoms with Gasteiger partial charge in [-0.3, -0.25) is 14.9 Å². The maximum Gasteiger partial charge on any atom is 0.284 e. The van der Waals surface area contributed by atoms with E-state index in [1.54, 1.807) is 12.1 Å². The van der Waals surface area contributed by atoms with E-state index in [0.717, 1.165) is 58.8 Å². The maximum atomic E-state index is 13.7. The van der Waals surface area contributed by atoms with E-state index in [4.69, 9.17) is 4.98 Å². The number of H-pyrrole nitrogens is 1. The largest absolute Gasteiger partial charge is 0.352 e. The van der Waals surface area contributed by atoms with Gasteiger partial charge in [-0.1, -0.05) is 67.7 Å². The van der Waals surface area contributed by atoms with Gasteiger partial charge in [-0.15, -0.1) is 0 Å². The van der Waals surface area contributed by atoms with Crippen molar-refractivity contribution in [1.82, 2.24) is 19.7 Å². The molecule has 2 aliphatic rings. The van der Waals surface area contributed by atoms with E-state index in [-0.39, 0.29) is 11.6 Å². The zero-order valence-corrected chi connectivity index (χ0v) is 29.5. The smallest absolute Gasteiger partial charge is 0.284 e. The minimum absolute atomic E-state index is 0.0444. The number of aromatic amines is 1. The van der Waals surface area contributed by atoms with E-state index < -0.39 is 15.9 Å². The van der Waals surface area contributed by atoms with Crippen LogP contribution in [0.3, 0.4) is 0 Å². The number of carbonyl (C=O) groups is 2. The van der Waals surface area contributed by atoms with Crippen molar-refractivity contribution >= 4 is 54.3 Å². The first kappa shape index (κ1) is 33.4. The van der Waals surface area contributed by atoms with Gasteiger partial charge in [-0.2, -0.15) is 5.26 Å². The van der Waals surface area contributed by atoms with E-state index in [2.05, 4.69) is 26.1 Å². The molecule has 4 heterocycles. The molecule has 7 rings (SSSR count). The van der Waals surface area contributed by atoms with E-state index in [9.17, 15) is 23.3 Å². The highest BCUT2D eigenvalue weighted by Crippen LogP contribution is 2.38. The number of nitriles is 1. The van der Waals surface area contributed by atoms with Gasteiger partial charge in [0.25, 0.3) is 11.8 Å². The van der Waals surface area contributed by atoms with Crippen LogP contribution >= 0.6 is 11.3 Å². The molecule has 0 atom stereocenters. The molecule has 0 bridgehead atoms. The third kappa shape index (κ3) is 6.86. The van der Waals surface area contributed by atoms with E-state index in [0.29, 0.717) is 70.9 Å². The molecule has 1 aliphatic carbocycles. The van der Waals surface area contributed by atoms with Gasteiger partial charge < -0.3 is 9.88 Å². The van der Waals surface area contributed by atoms with Crippen molar-refractivity contribution in [2.24, 2.45) is 5.92 Å². The van der Waals surface area contributed by atoms with Crippen LogP contribution in [0.25, 0.3) is 21.3 Å². The Morgan fingerprint density at radius 3 is 2.60 bits per heavy atom. The van der Waals surface area contributed by atoms with E-state index >= 15 is 0 Å². The summed E-state index contributed by atoms with van der Waals surface area (Å²) in [7, 11) is -3.90. The Labute approximate surface area is 294 Å². The Kier molecular flexibility index (Phi) is 9.15. The first-order valence-electron chi connectivity index (χ1n) is 16.8. The summed E-state index contributed by atoms with van der Waals surface area (Å²) in [6.07, 6.45) is 7.90. The van der Waals surface area contributed by atoms with Gasteiger partial charge in [0, 0.05) is 35.5 Å². The number of fused-ring (bicyclic) bond motifs is 2. The molecule has 1 saturated carbocycles. The summed E-state index contributed by atoms with van der Waals surface area (Å²) < 4.78 is 27.6. The number of aryl methyl sites for hydroxylation is 1. The van der Waals surface area contributed by atoms with Crippen LogP contribution in [0.1, 0.15) is 81.0 Å². The third-order valence-electron chi connectivity index (χ3n) is 9.62. The number of pyridine rings is 1. The van der Waals surface area contributed by atoms with Crippen LogP contribution < -0.4 is 14.9 Å². The summed E-state index contributed by atoms with van der Waals surface area (Å²) in [6.45, 7) is 2.78. The quantitative estimate of drug-likeness (QED) is 0.165. The maximum absolute atomic E-state index is 13.7. The second-order valence-electron chi connectivity index (χ2n) is 13.1. The normalized spacial score (nSPS) is 15.0. The minimum atomic E-state index is -3.90. The van der Waals surface area contributed by atoms with Gasteiger partial charge in [-0.25, -0.2) is 23.1 Å². The van der Waals surface area contributed by atoms with Crippen molar-refractivity contribution in [1.29, 1.82) is 5.26 Å². The van der Waals surface area contributed by atoms with Crippen molar-refractivity contribution in [3.8, 4) is 17.2 Å². The van der Waals surface area contributed by atoms with Crippen LogP contribution in [0.4, 0.5) is 10.9 Å². The molecular formula is C37H37N7O4S2. The van der Waals surface area contributed by atoms with Crippen LogP contribution in [-0.4, -0.2) is 48.0 Å². The number of benzene rings is 2. The molecule has 5 aromatic rings. The number of para-hydroxylation sites is 1. The van der Waals surface area contributed by atoms with Crippen LogP contribution in [0.2, 0.25) is 0 Å². The topological polar surface area (TPSA) is 161 Å². The monoisotopic (exact) mass is 707 g/mol. The predicted octanol–water partition coefficient (Wildman–Crippen LogP) is 6.49. The number of rotatable bonds is 8. The van der Waals surface area contributed by atoms with Gasteiger partial charge in [0.05, 0.1) is 16.5 Å². The molecule has 11 nitrogen and oxygen atoms in total. The van der Waals surface area contributed by atoms with Crippen molar-refractivity contribution in [3.63, 3.8) is 0 Å². The molecule has 50 heavy (non-hydrogen) atoms. The fourth-order valence-electron chi connectivity index (χ4n) is 7.32. The number of thiazole rings is 1. The van der Waals surface area contributed by atoms with Crippen molar-refractivity contribution in [2.45, 2.75) is 58.4 Å². The van der Waals surface area contributed by atoms with Gasteiger partial charge in [0.15, 0.2) is 5.13 Å². The SMILES string of the molecule is Cc1[nH]c(C#N)c(CC2CCCCC2)c1-c1ccc(N2CCc3cccc(C(=O)Nc4nc5ccccc5s4)c3C2)nc1C(=O)NS(C)(=O)=O. The number of nitrogens with zero attached hydrogens (tertiary/aromatic N) is 4. The number of hydrogen-bond acceptors (Lipinski definition) is 9. The van der Waals surface area contributed by atoms with Crippen molar-refractivity contribution in [3.05, 3.63) is 93.9 Å². The third-order valence-corrected chi connectivity index (χ3v) is 11.1. The summed E-state index contributed by atoms with van der Waals surface area (Å²) >= 11 is 1.41. The molecule has 0 unspecified atom stereocenters. The number of amides is 2. The number of hydrogen-bond donors (Lipinski definition) is 3. The first-order chi connectivity index (χ1) is 24.1. The number of carbonyl (C=O) groups excluding carboxylic acids is 2. The minimum Gasteiger partial charge on any atom is -0.352 e. The van der Waals surface area contributed by atoms with Crippen LogP contribution in [0.5, 0.6) is 0 Å². The molecule has 1 fully saturated rings. The lowest BCUT2D eigenvalue weighted by Crippen LogP contribution is -2.34. The summed E-state index contributed by atoms with van der Waals surface area (Å²) in [5.74, 6) is -0.219. The zero-order valence-electron chi connectivity index (χ0n) is 27.9. The molecule has 2 aromatic carbocycles. The molecule has 1 aliphatic heterocycles. The highest BCUT2D eigenvalue weighted by Gasteiger charge is 2.29. The summed E-state index contributed by atoms with van der Waals surface area (Å²) in [6, 6.07) is 19.3. The van der Waals surface area contributed by atoms with Crippen molar-refractivity contribution in [2.75, 3.05) is 23.0 Å². The lowest BCUT2D eigenvalue weighted by molar-refractivity contribution is 0.0976. The standard InChI is InChI=1S/C37H37N7O4S2/c1-22-33(27(30(20-38)39-22)19-23-9-4-3-5-10-23)26-15-16-32(41-34(26)36(46)43-50(2,47)48)44-18-17-24-11-8-12-25(28(24)21-44)35(45)42-37-40-29-13-6-7-14-31(29)49-37/h6-8,11-16,23,39H,3-5,9-10,17-19,21H2,1-2H3,(H,43,46)(H,40,42,45). The summed E-state index contributed by atoms with van der Waals surface area (Å²) in [4.78, 5) is 41.8. The molecule has 0 spiro atoms. The van der Waals surface area contributed by atoms with Crippen LogP contribution in [0.15, 0.2) is 54.6 Å². The number of nitrogens with one attached hydrogen (secondary N) is 3. The fourth-order valence-corrected chi connectivity index (χ4v) is 8.61. The van der Waals surface area contributed by atoms with Gasteiger partial charge in [0.2, 0.25) is 10.0 Å². The molecule has 2 amide bonds. The first-order valence-corrected chi connectivity index (χ1v) is 19.5. The lowest BCUT2D eigenvalue weighted by Gasteiger charge is -2.31. The Balaban J connectivity index is 1.23. The predicted molar refractivity (Wildman–Crippen MR) is 195 cm³/mol. The molecule has 3 aromatic heterocycles. The second-order valence-corrected chi connectivity index (χ2v) is 15.9. The van der Waals surface area contributed by atoms with Crippen LogP contribution in [-0.2, 0) is 29.4 Å². The molecule has 256 valence electrons. The summed E-state index contributed by atoms with van der Waals surface area (Å²) in [5.41, 5.74) is 6.36. The number of sulfonamides is 1. The molecule has 0 radical (unpaired) electrons. The molecule has 13 heteroatoms. The van der Waals surface area contributed by atoms with E-state index in [1.807, 2.05) is 54.3 Å². The number of anilines is 2. The lowest BCUT2D eigenvalue weighted by atomic mass is 9.83. The highest BCUT2D eigenvalue weighted by molar-refractivity contribution is 7.89. The Morgan fingerprint density at radius 1 is 1.04 bits per heavy atom.